The summed E-state index contributed by atoms with van der Waals surface area (Å²) in [5.74, 6) is 0.252. The minimum atomic E-state index is -3.46. The fourth-order valence-electron chi connectivity index (χ4n) is 1.89. The number of nitrogens with one attached hydrogen (secondary N) is 2. The summed E-state index contributed by atoms with van der Waals surface area (Å²) in [5.41, 5.74) is 7.74. The summed E-state index contributed by atoms with van der Waals surface area (Å²) in [7, 11) is -3.46. The summed E-state index contributed by atoms with van der Waals surface area (Å²) in [6.07, 6.45) is 0. The number of sulfonamides is 1. The zero-order valence-electron chi connectivity index (χ0n) is 13.0. The monoisotopic (exact) mass is 352 g/mol. The van der Waals surface area contributed by atoms with Crippen LogP contribution in [0.25, 0.3) is 0 Å². The number of rotatable bonds is 6. The van der Waals surface area contributed by atoms with Crippen LogP contribution >= 0.6 is 11.3 Å². The standard InChI is InChI=1S/C15H20N4O2S2/c1-11-4-3-5-13(10-11)19-15(16)17-8-9-18-23(20,21)14-7-6-12(2)22-14/h3-7,10,18H,8-9H2,1-2H3,(H3,16,17,19). The second-order valence-corrected chi connectivity index (χ2v) is 8.31. The van der Waals surface area contributed by atoms with Gasteiger partial charge in [0.2, 0.25) is 10.0 Å². The summed E-state index contributed by atoms with van der Waals surface area (Å²) in [6, 6.07) is 11.1. The van der Waals surface area contributed by atoms with Crippen LogP contribution in [0.1, 0.15) is 10.4 Å². The lowest BCUT2D eigenvalue weighted by atomic mass is 10.2. The number of aliphatic imine (C=N–C) groups is 1. The third-order valence-electron chi connectivity index (χ3n) is 2.96. The molecule has 0 saturated heterocycles. The van der Waals surface area contributed by atoms with Crippen LogP contribution in [-0.2, 0) is 10.0 Å². The Morgan fingerprint density at radius 1 is 1.26 bits per heavy atom. The van der Waals surface area contributed by atoms with E-state index in [2.05, 4.69) is 15.0 Å². The highest BCUT2D eigenvalue weighted by atomic mass is 32.2. The molecule has 0 spiro atoms. The molecule has 0 radical (unpaired) electrons. The minimum Gasteiger partial charge on any atom is -0.370 e. The van der Waals surface area contributed by atoms with Gasteiger partial charge in [-0.1, -0.05) is 12.1 Å². The first kappa shape index (κ1) is 17.5. The second-order valence-electron chi connectivity index (χ2n) is 5.02. The van der Waals surface area contributed by atoms with E-state index in [1.807, 2.05) is 38.1 Å². The van der Waals surface area contributed by atoms with Crippen LogP contribution in [0.5, 0.6) is 0 Å². The molecule has 0 unspecified atom stereocenters. The average Bonchev–Trinajstić information content (AvgIpc) is 2.91. The molecular formula is C15H20N4O2S2. The summed E-state index contributed by atoms with van der Waals surface area (Å²) in [6.45, 7) is 4.30. The zero-order valence-corrected chi connectivity index (χ0v) is 14.7. The number of nitrogens with two attached hydrogens (primary N) is 1. The predicted molar refractivity (Wildman–Crippen MR) is 95.5 cm³/mol. The van der Waals surface area contributed by atoms with Crippen LogP contribution in [0.4, 0.5) is 5.69 Å². The first-order chi connectivity index (χ1) is 10.9. The van der Waals surface area contributed by atoms with Crippen molar-refractivity contribution >= 4 is 33.0 Å². The molecule has 1 aromatic heterocycles. The quantitative estimate of drug-likeness (QED) is 0.421. The number of hydrogen-bond donors (Lipinski definition) is 3. The normalized spacial score (nSPS) is 12.3. The molecule has 0 bridgehead atoms. The Balaban J connectivity index is 1.84. The van der Waals surface area contributed by atoms with Crippen molar-refractivity contribution in [3.05, 3.63) is 46.8 Å². The van der Waals surface area contributed by atoms with Gasteiger partial charge >= 0.3 is 0 Å². The van der Waals surface area contributed by atoms with Crippen molar-refractivity contribution in [2.75, 3.05) is 18.4 Å². The summed E-state index contributed by atoms with van der Waals surface area (Å²) < 4.78 is 26.9. The van der Waals surface area contributed by atoms with E-state index in [1.165, 1.54) is 11.3 Å². The average molecular weight is 352 g/mol. The number of thiophene rings is 1. The van der Waals surface area contributed by atoms with Crippen LogP contribution < -0.4 is 15.8 Å². The van der Waals surface area contributed by atoms with Gasteiger partial charge in [0.25, 0.3) is 0 Å². The topological polar surface area (TPSA) is 96.6 Å². The van der Waals surface area contributed by atoms with Gasteiger partial charge in [0.1, 0.15) is 4.21 Å². The predicted octanol–water partition coefficient (Wildman–Crippen LogP) is 2.07. The maximum atomic E-state index is 12.0. The zero-order chi connectivity index (χ0) is 16.9. The van der Waals surface area contributed by atoms with Gasteiger partial charge < -0.3 is 11.1 Å². The van der Waals surface area contributed by atoms with Crippen LogP contribution in [0, 0.1) is 13.8 Å². The molecule has 4 N–H and O–H groups in total. The Labute approximate surface area is 140 Å². The van der Waals surface area contributed by atoms with E-state index in [0.29, 0.717) is 4.21 Å². The van der Waals surface area contributed by atoms with Crippen molar-refractivity contribution in [3.63, 3.8) is 0 Å². The van der Waals surface area contributed by atoms with E-state index in [4.69, 9.17) is 5.73 Å². The van der Waals surface area contributed by atoms with Crippen molar-refractivity contribution < 1.29 is 8.42 Å². The van der Waals surface area contributed by atoms with Gasteiger partial charge in [0, 0.05) is 17.1 Å². The lowest BCUT2D eigenvalue weighted by Gasteiger charge is -2.07. The smallest absolute Gasteiger partial charge is 0.250 e. The Bertz CT molecular complexity index is 797. The number of hydrogen-bond acceptors (Lipinski definition) is 4. The fourth-order valence-corrected chi connectivity index (χ4v) is 4.24. The highest BCUT2D eigenvalue weighted by molar-refractivity contribution is 7.91. The van der Waals surface area contributed by atoms with Crippen LogP contribution in [0.2, 0.25) is 0 Å². The Morgan fingerprint density at radius 2 is 2.04 bits per heavy atom. The molecule has 2 rings (SSSR count). The van der Waals surface area contributed by atoms with E-state index in [0.717, 1.165) is 16.1 Å². The van der Waals surface area contributed by atoms with Crippen molar-refractivity contribution in [3.8, 4) is 0 Å². The molecule has 0 aliphatic heterocycles. The van der Waals surface area contributed by atoms with Crippen LogP contribution in [0.15, 0.2) is 45.6 Å². The second kappa shape index (κ2) is 7.58. The lowest BCUT2D eigenvalue weighted by molar-refractivity contribution is 0.584. The highest BCUT2D eigenvalue weighted by Gasteiger charge is 2.14. The maximum absolute atomic E-state index is 12.0. The number of benzene rings is 1. The summed E-state index contributed by atoms with van der Waals surface area (Å²) in [5, 5.41) is 2.97. The largest absolute Gasteiger partial charge is 0.370 e. The van der Waals surface area contributed by atoms with E-state index >= 15 is 0 Å². The molecule has 0 amide bonds. The number of nitrogens with zero attached hydrogens (tertiary/aromatic N) is 1. The van der Waals surface area contributed by atoms with E-state index in [1.54, 1.807) is 12.1 Å². The molecule has 0 fully saturated rings. The van der Waals surface area contributed by atoms with Crippen LogP contribution in [-0.4, -0.2) is 27.5 Å². The molecule has 8 heteroatoms. The van der Waals surface area contributed by atoms with Crippen molar-refractivity contribution in [2.24, 2.45) is 10.7 Å². The first-order valence-electron chi connectivity index (χ1n) is 7.06. The van der Waals surface area contributed by atoms with E-state index in [9.17, 15) is 8.42 Å². The molecule has 124 valence electrons. The van der Waals surface area contributed by atoms with Gasteiger partial charge in [-0.05, 0) is 43.7 Å². The third kappa shape index (κ3) is 5.34. The van der Waals surface area contributed by atoms with E-state index in [-0.39, 0.29) is 19.0 Å². The maximum Gasteiger partial charge on any atom is 0.250 e. The van der Waals surface area contributed by atoms with E-state index < -0.39 is 10.0 Å². The molecule has 23 heavy (non-hydrogen) atoms. The molecule has 2 aromatic rings. The minimum absolute atomic E-state index is 0.190. The molecule has 1 aromatic carbocycles. The number of guanidine groups is 1. The van der Waals surface area contributed by atoms with Crippen molar-refractivity contribution in [1.82, 2.24) is 4.72 Å². The van der Waals surface area contributed by atoms with Gasteiger partial charge in [-0.25, -0.2) is 13.1 Å². The van der Waals surface area contributed by atoms with Crippen molar-refractivity contribution in [2.45, 2.75) is 18.1 Å². The van der Waals surface area contributed by atoms with Gasteiger partial charge in [-0.2, -0.15) is 0 Å². The number of anilines is 1. The van der Waals surface area contributed by atoms with Gasteiger partial charge in [-0.15, -0.1) is 11.3 Å². The lowest BCUT2D eigenvalue weighted by Crippen LogP contribution is -2.28. The third-order valence-corrected chi connectivity index (χ3v) is 5.91. The van der Waals surface area contributed by atoms with Gasteiger partial charge in [0.15, 0.2) is 5.96 Å². The molecule has 0 aliphatic carbocycles. The molecule has 6 nitrogen and oxygen atoms in total. The van der Waals surface area contributed by atoms with Crippen molar-refractivity contribution in [1.29, 1.82) is 0 Å². The highest BCUT2D eigenvalue weighted by Crippen LogP contribution is 2.19. The van der Waals surface area contributed by atoms with Crippen LogP contribution in [0.3, 0.4) is 0 Å². The molecule has 0 atom stereocenters. The summed E-state index contributed by atoms with van der Waals surface area (Å²) >= 11 is 1.24. The molecule has 0 aliphatic rings. The fraction of sp³-hybridized carbons (Fsp3) is 0.267. The number of aryl methyl sites for hydroxylation is 2. The first-order valence-corrected chi connectivity index (χ1v) is 9.36. The summed E-state index contributed by atoms with van der Waals surface area (Å²) in [4.78, 5) is 5.06. The molecular weight excluding hydrogens is 332 g/mol. The molecule has 1 heterocycles. The Kier molecular flexibility index (Phi) is 5.75. The molecule has 0 saturated carbocycles. The van der Waals surface area contributed by atoms with Gasteiger partial charge in [-0.3, -0.25) is 4.99 Å². The SMILES string of the molecule is Cc1cccc(NC(N)=NCCNS(=O)(=O)c2ccc(C)s2)c1. The Hall–Kier alpha value is -1.90. The van der Waals surface area contributed by atoms with Gasteiger partial charge in [0.05, 0.1) is 6.54 Å². The Morgan fingerprint density at radius 3 is 2.70 bits per heavy atom.